The Morgan fingerprint density at radius 2 is 1.62 bits per heavy atom. The van der Waals surface area contributed by atoms with Crippen molar-refractivity contribution in [2.24, 2.45) is 0 Å². The molecule has 1 aromatic carbocycles. The van der Waals surface area contributed by atoms with Gasteiger partial charge >= 0.3 is 13.6 Å². The van der Waals surface area contributed by atoms with Crippen LogP contribution in [-0.2, 0) is 23.1 Å². The number of hydrogen-bond acceptors (Lipinski definition) is 5. The Balaban J connectivity index is 3.26. The summed E-state index contributed by atoms with van der Waals surface area (Å²) in [4.78, 5) is 12.1. The first-order valence-electron chi connectivity index (χ1n) is 6.90. The normalized spacial score (nSPS) is 12.2. The van der Waals surface area contributed by atoms with Crippen LogP contribution < -0.4 is 0 Å². The molecule has 1 rings (SSSR count). The fourth-order valence-corrected chi connectivity index (χ4v) is 3.31. The average Bonchev–Trinajstić information content (AvgIpc) is 2.46. The fourth-order valence-electron chi connectivity index (χ4n) is 1.68. The summed E-state index contributed by atoms with van der Waals surface area (Å²) in [5.74, 6) is -0.688. The lowest BCUT2D eigenvalue weighted by molar-refractivity contribution is -0.137. The Labute approximate surface area is 125 Å². The third-order valence-corrected chi connectivity index (χ3v) is 4.58. The molecule has 0 radical (unpaired) electrons. The van der Waals surface area contributed by atoms with Gasteiger partial charge in [0.15, 0.2) is 0 Å². The van der Waals surface area contributed by atoms with Crippen LogP contribution in [0.15, 0.2) is 35.6 Å². The molecule has 0 amide bonds. The second-order valence-corrected chi connectivity index (χ2v) is 5.99. The Kier molecular flexibility index (Phi) is 7.37. The lowest BCUT2D eigenvalue weighted by Crippen LogP contribution is -2.11. The highest BCUT2D eigenvalue weighted by molar-refractivity contribution is 7.60. The minimum atomic E-state index is -3.69. The molecule has 0 atom stereocenters. The van der Waals surface area contributed by atoms with E-state index in [4.69, 9.17) is 13.8 Å². The molecule has 1 aromatic rings. The molecule has 0 bridgehead atoms. The largest absolute Gasteiger partial charge is 0.462 e. The summed E-state index contributed by atoms with van der Waals surface area (Å²) in [6.07, 6.45) is 1.49. The van der Waals surface area contributed by atoms with E-state index in [-0.39, 0.29) is 25.1 Å². The van der Waals surface area contributed by atoms with E-state index >= 15 is 0 Å². The Morgan fingerprint density at radius 1 is 1.05 bits per heavy atom. The van der Waals surface area contributed by atoms with Gasteiger partial charge in [0, 0.05) is 0 Å². The monoisotopic (exact) mass is 312 g/mol. The first-order chi connectivity index (χ1) is 10.1. The second kappa shape index (κ2) is 8.78. The van der Waals surface area contributed by atoms with Gasteiger partial charge in [-0.05, 0) is 32.4 Å². The van der Waals surface area contributed by atoms with Gasteiger partial charge in [-0.15, -0.1) is 0 Å². The van der Waals surface area contributed by atoms with Crippen LogP contribution in [0.5, 0.6) is 0 Å². The van der Waals surface area contributed by atoms with E-state index in [1.165, 1.54) is 6.08 Å². The molecule has 0 saturated carbocycles. The van der Waals surface area contributed by atoms with Crippen LogP contribution in [0.3, 0.4) is 0 Å². The highest BCUT2D eigenvalue weighted by Crippen LogP contribution is 2.56. The summed E-state index contributed by atoms with van der Waals surface area (Å²) < 4.78 is 28.3. The highest BCUT2D eigenvalue weighted by Gasteiger charge is 2.35. The van der Waals surface area contributed by atoms with Crippen molar-refractivity contribution >= 4 is 19.6 Å². The topological polar surface area (TPSA) is 61.8 Å². The van der Waals surface area contributed by atoms with E-state index in [0.29, 0.717) is 0 Å². The molecule has 0 heterocycles. The summed E-state index contributed by atoms with van der Waals surface area (Å²) in [5.41, 5.74) is 0.722. The first kappa shape index (κ1) is 17.6. The van der Waals surface area contributed by atoms with Crippen molar-refractivity contribution in [3.63, 3.8) is 0 Å². The summed E-state index contributed by atoms with van der Waals surface area (Å²) >= 11 is 0. The number of rotatable bonds is 8. The van der Waals surface area contributed by atoms with Gasteiger partial charge in [-0.25, -0.2) is 4.79 Å². The molecule has 0 spiro atoms. The molecule has 116 valence electrons. The molecule has 21 heavy (non-hydrogen) atoms. The van der Waals surface area contributed by atoms with Crippen molar-refractivity contribution in [3.05, 3.63) is 41.2 Å². The lowest BCUT2D eigenvalue weighted by atomic mass is 10.2. The Hall–Kier alpha value is -1.42. The summed E-state index contributed by atoms with van der Waals surface area (Å²) in [6, 6.07) is 9.08. The van der Waals surface area contributed by atoms with Crippen molar-refractivity contribution in [1.82, 2.24) is 0 Å². The van der Waals surface area contributed by atoms with Gasteiger partial charge in [0.1, 0.15) is 5.31 Å². The predicted molar refractivity (Wildman–Crippen MR) is 81.9 cm³/mol. The molecule has 0 aliphatic heterocycles. The number of carbonyl (C=O) groups is 1. The molecule has 0 N–H and O–H groups in total. The zero-order chi connectivity index (χ0) is 15.7. The van der Waals surface area contributed by atoms with Crippen LogP contribution in [0, 0.1) is 0 Å². The summed E-state index contributed by atoms with van der Waals surface area (Å²) in [5, 5.41) is -0.0840. The lowest BCUT2D eigenvalue weighted by Gasteiger charge is -2.19. The van der Waals surface area contributed by atoms with Gasteiger partial charge < -0.3 is 13.8 Å². The number of benzene rings is 1. The maximum absolute atomic E-state index is 12.8. The van der Waals surface area contributed by atoms with Crippen LogP contribution in [0.4, 0.5) is 0 Å². The van der Waals surface area contributed by atoms with Gasteiger partial charge in [0.25, 0.3) is 0 Å². The quantitative estimate of drug-likeness (QED) is 0.414. The zero-order valence-electron chi connectivity index (χ0n) is 12.6. The minimum absolute atomic E-state index is 0.0840. The number of esters is 1. The van der Waals surface area contributed by atoms with E-state index in [0.717, 1.165) is 5.56 Å². The molecule has 0 aliphatic carbocycles. The van der Waals surface area contributed by atoms with E-state index in [9.17, 15) is 9.36 Å². The third-order valence-electron chi connectivity index (χ3n) is 2.48. The molecular formula is C15H21O5P. The fraction of sp³-hybridized carbons (Fsp3) is 0.400. The van der Waals surface area contributed by atoms with E-state index in [1.54, 1.807) is 32.9 Å². The Bertz CT molecular complexity index is 514. The number of hydrogen-bond donors (Lipinski definition) is 0. The summed E-state index contributed by atoms with van der Waals surface area (Å²) in [6.45, 7) is 5.59. The van der Waals surface area contributed by atoms with Gasteiger partial charge in [-0.2, -0.15) is 0 Å². The molecule has 6 heteroatoms. The van der Waals surface area contributed by atoms with E-state index < -0.39 is 13.6 Å². The smallest absolute Gasteiger partial charge is 0.368 e. The second-order valence-electron chi connectivity index (χ2n) is 3.99. The molecule has 0 saturated heterocycles. The average molecular weight is 312 g/mol. The number of carbonyl (C=O) groups excluding carboxylic acids is 1. The van der Waals surface area contributed by atoms with E-state index in [1.807, 2.05) is 18.2 Å². The zero-order valence-corrected chi connectivity index (χ0v) is 13.5. The van der Waals surface area contributed by atoms with Gasteiger partial charge in [0.05, 0.1) is 19.8 Å². The van der Waals surface area contributed by atoms with Crippen molar-refractivity contribution in [2.75, 3.05) is 19.8 Å². The van der Waals surface area contributed by atoms with Gasteiger partial charge in [-0.1, -0.05) is 30.3 Å². The molecule has 0 unspecified atom stereocenters. The molecule has 0 fully saturated rings. The van der Waals surface area contributed by atoms with Crippen molar-refractivity contribution in [3.8, 4) is 0 Å². The van der Waals surface area contributed by atoms with Crippen molar-refractivity contribution in [2.45, 2.75) is 20.8 Å². The summed E-state index contributed by atoms with van der Waals surface area (Å²) in [7, 11) is -3.69. The Morgan fingerprint density at radius 3 is 2.10 bits per heavy atom. The van der Waals surface area contributed by atoms with Crippen LogP contribution in [0.1, 0.15) is 26.3 Å². The predicted octanol–water partition coefficient (Wildman–Crippen LogP) is 3.86. The molecular weight excluding hydrogens is 291 g/mol. The minimum Gasteiger partial charge on any atom is -0.462 e. The molecule has 5 nitrogen and oxygen atoms in total. The van der Waals surface area contributed by atoms with Crippen molar-refractivity contribution in [1.29, 1.82) is 0 Å². The van der Waals surface area contributed by atoms with Gasteiger partial charge in [0.2, 0.25) is 0 Å². The van der Waals surface area contributed by atoms with Crippen LogP contribution in [-0.4, -0.2) is 25.8 Å². The van der Waals surface area contributed by atoms with Crippen molar-refractivity contribution < 1.29 is 23.1 Å². The molecule has 0 aromatic heterocycles. The maximum atomic E-state index is 12.8. The standard InChI is InChI=1S/C15H21O5P/c1-4-18-15(16)14(12-13-10-8-7-9-11-13)21(17,19-5-2)20-6-3/h7-12H,4-6H2,1-3H3. The van der Waals surface area contributed by atoms with Crippen LogP contribution in [0.2, 0.25) is 0 Å². The number of ether oxygens (including phenoxy) is 1. The maximum Gasteiger partial charge on any atom is 0.368 e. The molecule has 0 aliphatic rings. The van der Waals surface area contributed by atoms with Gasteiger partial charge in [-0.3, -0.25) is 4.57 Å². The first-order valence-corrected chi connectivity index (χ1v) is 8.45. The third kappa shape index (κ3) is 5.12. The van der Waals surface area contributed by atoms with Crippen LogP contribution in [0.25, 0.3) is 6.08 Å². The SMILES string of the molecule is CCOC(=O)C(=Cc1ccccc1)P(=O)(OCC)OCC. The highest BCUT2D eigenvalue weighted by atomic mass is 31.2. The van der Waals surface area contributed by atoms with E-state index in [2.05, 4.69) is 0 Å². The van der Waals surface area contributed by atoms with Crippen LogP contribution >= 0.6 is 7.60 Å².